The lowest BCUT2D eigenvalue weighted by atomic mass is 9.70. The number of halogens is 2. The Morgan fingerprint density at radius 2 is 1.26 bits per heavy atom. The largest absolute Gasteiger partial charge is 0.386 e. The Hall–Kier alpha value is -1.52. The summed E-state index contributed by atoms with van der Waals surface area (Å²) >= 11 is 0. The minimum absolute atomic E-state index is 0.0818. The standard InChI is InChI=1S/C30H42F2OSi/c1-21(33-2)34-29-19-17-27(18-20-29)26-15-13-25(14-16-26)24-9-5-22(6-10-24)3-4-23-7-11-28(12-8-23)30(31)32/h5-12,21,25-27,29-30H,3-4,13-20,34H2,1-2H3. The Labute approximate surface area is 207 Å². The highest BCUT2D eigenvalue weighted by Crippen LogP contribution is 2.45. The molecular weight excluding hydrogens is 442 g/mol. The van der Waals surface area contributed by atoms with Gasteiger partial charge in [-0.3, -0.25) is 0 Å². The van der Waals surface area contributed by atoms with Crippen LogP contribution in [0.25, 0.3) is 0 Å². The first-order valence-electron chi connectivity index (χ1n) is 13.5. The lowest BCUT2D eigenvalue weighted by Gasteiger charge is -2.38. The second-order valence-corrected chi connectivity index (χ2v) is 13.7. The van der Waals surface area contributed by atoms with E-state index in [1.165, 1.54) is 62.5 Å². The van der Waals surface area contributed by atoms with Gasteiger partial charge in [0.1, 0.15) is 0 Å². The van der Waals surface area contributed by atoms with E-state index in [2.05, 4.69) is 31.2 Å². The van der Waals surface area contributed by atoms with Gasteiger partial charge in [0.2, 0.25) is 0 Å². The third-order valence-corrected chi connectivity index (χ3v) is 11.3. The highest BCUT2D eigenvalue weighted by Gasteiger charge is 2.31. The van der Waals surface area contributed by atoms with Crippen LogP contribution in [0.2, 0.25) is 5.54 Å². The highest BCUT2D eigenvalue weighted by molar-refractivity contribution is 6.39. The second-order valence-electron chi connectivity index (χ2n) is 11.0. The summed E-state index contributed by atoms with van der Waals surface area (Å²) in [5.74, 6) is 2.65. The molecule has 1 nitrogen and oxygen atoms in total. The van der Waals surface area contributed by atoms with Crippen LogP contribution in [0.4, 0.5) is 8.78 Å². The zero-order valence-electron chi connectivity index (χ0n) is 21.0. The molecule has 2 aromatic rings. The average molecular weight is 485 g/mol. The molecule has 4 rings (SSSR count). The molecule has 0 saturated heterocycles. The topological polar surface area (TPSA) is 9.23 Å². The van der Waals surface area contributed by atoms with Crippen molar-refractivity contribution >= 4 is 9.52 Å². The van der Waals surface area contributed by atoms with E-state index >= 15 is 0 Å². The van der Waals surface area contributed by atoms with Gasteiger partial charge in [-0.2, -0.15) is 0 Å². The first kappa shape index (κ1) is 25.6. The molecule has 2 fully saturated rings. The second kappa shape index (κ2) is 12.4. The molecule has 186 valence electrons. The van der Waals surface area contributed by atoms with Crippen LogP contribution in [0.1, 0.15) is 92.9 Å². The molecule has 2 aliphatic rings. The van der Waals surface area contributed by atoms with Crippen LogP contribution in [-0.2, 0) is 17.6 Å². The van der Waals surface area contributed by atoms with Gasteiger partial charge < -0.3 is 4.74 Å². The van der Waals surface area contributed by atoms with Crippen LogP contribution < -0.4 is 0 Å². The van der Waals surface area contributed by atoms with Crippen LogP contribution in [0, 0.1) is 11.8 Å². The van der Waals surface area contributed by atoms with Crippen molar-refractivity contribution in [2.24, 2.45) is 11.8 Å². The maximum atomic E-state index is 12.7. The number of hydrogen-bond donors (Lipinski definition) is 0. The zero-order valence-corrected chi connectivity index (χ0v) is 22.4. The zero-order chi connectivity index (χ0) is 23.9. The molecule has 0 aromatic heterocycles. The Kier molecular flexibility index (Phi) is 9.36. The number of rotatable bonds is 9. The van der Waals surface area contributed by atoms with Crippen molar-refractivity contribution in [1.29, 1.82) is 0 Å². The van der Waals surface area contributed by atoms with Crippen molar-refractivity contribution in [3.63, 3.8) is 0 Å². The lowest BCUT2D eigenvalue weighted by Crippen LogP contribution is -2.28. The van der Waals surface area contributed by atoms with Gasteiger partial charge in [0.05, 0.1) is 9.52 Å². The molecule has 0 spiro atoms. The average Bonchev–Trinajstić information content (AvgIpc) is 2.88. The molecule has 0 heterocycles. The monoisotopic (exact) mass is 484 g/mol. The molecule has 2 aliphatic carbocycles. The summed E-state index contributed by atoms with van der Waals surface area (Å²) in [7, 11) is 1.79. The van der Waals surface area contributed by atoms with Crippen LogP contribution in [-0.4, -0.2) is 22.4 Å². The van der Waals surface area contributed by atoms with Crippen molar-refractivity contribution < 1.29 is 13.5 Å². The maximum Gasteiger partial charge on any atom is 0.263 e. The Morgan fingerprint density at radius 1 is 0.765 bits per heavy atom. The number of alkyl halides is 2. The molecule has 0 N–H and O–H groups in total. The van der Waals surface area contributed by atoms with E-state index in [9.17, 15) is 8.78 Å². The summed E-state index contributed by atoms with van der Waals surface area (Å²) in [5.41, 5.74) is 5.62. The third kappa shape index (κ3) is 7.01. The predicted octanol–water partition coefficient (Wildman–Crippen LogP) is 7.82. The molecule has 0 amide bonds. The van der Waals surface area contributed by atoms with Crippen LogP contribution >= 0.6 is 0 Å². The quantitative estimate of drug-likeness (QED) is 0.330. The fraction of sp³-hybridized carbons (Fsp3) is 0.600. The van der Waals surface area contributed by atoms with Gasteiger partial charge in [-0.15, -0.1) is 0 Å². The molecule has 0 bridgehead atoms. The summed E-state index contributed by atoms with van der Waals surface area (Å²) in [6, 6.07) is 16.0. The number of aryl methyl sites for hydroxylation is 2. The van der Waals surface area contributed by atoms with Gasteiger partial charge in [-0.1, -0.05) is 74.2 Å². The third-order valence-electron chi connectivity index (χ3n) is 8.78. The van der Waals surface area contributed by atoms with Gasteiger partial charge in [-0.05, 0) is 85.4 Å². The van der Waals surface area contributed by atoms with E-state index in [4.69, 9.17) is 4.74 Å². The van der Waals surface area contributed by atoms with Crippen molar-refractivity contribution in [3.8, 4) is 0 Å². The Bertz CT molecular complexity index is 850. The fourth-order valence-electron chi connectivity index (χ4n) is 6.46. The number of benzene rings is 2. The minimum Gasteiger partial charge on any atom is -0.386 e. The van der Waals surface area contributed by atoms with Gasteiger partial charge in [0.15, 0.2) is 0 Å². The van der Waals surface area contributed by atoms with Crippen molar-refractivity contribution in [2.45, 2.75) is 94.7 Å². The van der Waals surface area contributed by atoms with E-state index in [1.807, 2.05) is 19.2 Å². The smallest absolute Gasteiger partial charge is 0.263 e. The van der Waals surface area contributed by atoms with Gasteiger partial charge in [0.25, 0.3) is 6.43 Å². The molecule has 1 atom stereocenters. The number of hydrogen-bond acceptors (Lipinski definition) is 1. The van der Waals surface area contributed by atoms with Crippen LogP contribution in [0.3, 0.4) is 0 Å². The molecule has 2 saturated carbocycles. The summed E-state index contributed by atoms with van der Waals surface area (Å²) in [6.07, 6.45) is 10.8. The lowest BCUT2D eigenvalue weighted by molar-refractivity contribution is 0.151. The number of ether oxygens (including phenoxy) is 1. The SMILES string of the molecule is COC(C)[SiH2]C1CCC(C2CCC(c3ccc(CCc4ccc(C(F)F)cc4)cc3)CC2)CC1. The molecule has 34 heavy (non-hydrogen) atoms. The minimum atomic E-state index is -2.39. The normalized spacial score (nSPS) is 26.9. The van der Waals surface area contributed by atoms with E-state index in [1.54, 1.807) is 12.1 Å². The number of methoxy groups -OCH3 is 1. The Morgan fingerprint density at radius 3 is 1.76 bits per heavy atom. The molecule has 2 aromatic carbocycles. The van der Waals surface area contributed by atoms with E-state index in [-0.39, 0.29) is 15.1 Å². The van der Waals surface area contributed by atoms with Gasteiger partial charge in [0, 0.05) is 18.4 Å². The molecule has 4 heteroatoms. The van der Waals surface area contributed by atoms with E-state index in [0.717, 1.165) is 41.7 Å². The summed E-state index contributed by atoms with van der Waals surface area (Å²) in [4.78, 5) is 0. The molecule has 1 unspecified atom stereocenters. The van der Waals surface area contributed by atoms with E-state index < -0.39 is 6.43 Å². The van der Waals surface area contributed by atoms with Crippen molar-refractivity contribution in [2.75, 3.05) is 7.11 Å². The van der Waals surface area contributed by atoms with Crippen molar-refractivity contribution in [1.82, 2.24) is 0 Å². The van der Waals surface area contributed by atoms with E-state index in [0.29, 0.717) is 5.73 Å². The fourth-order valence-corrected chi connectivity index (χ4v) is 8.53. The summed E-state index contributed by atoms with van der Waals surface area (Å²) in [6.45, 7) is 2.27. The van der Waals surface area contributed by atoms with Crippen LogP contribution in [0.15, 0.2) is 48.5 Å². The summed E-state index contributed by atoms with van der Waals surface area (Å²) < 4.78 is 31.0. The molecule has 0 radical (unpaired) electrons. The van der Waals surface area contributed by atoms with Gasteiger partial charge in [-0.25, -0.2) is 8.78 Å². The maximum absolute atomic E-state index is 12.7. The van der Waals surface area contributed by atoms with Gasteiger partial charge >= 0.3 is 0 Å². The van der Waals surface area contributed by atoms with Crippen LogP contribution in [0.5, 0.6) is 0 Å². The molecule has 0 aliphatic heterocycles. The predicted molar refractivity (Wildman–Crippen MR) is 141 cm³/mol. The Balaban J connectivity index is 1.20. The first-order chi connectivity index (χ1) is 16.5. The molecular formula is C30H42F2OSi. The summed E-state index contributed by atoms with van der Waals surface area (Å²) in [5, 5.41) is 0. The first-order valence-corrected chi connectivity index (χ1v) is 15.1. The highest BCUT2D eigenvalue weighted by atomic mass is 28.2. The van der Waals surface area contributed by atoms with Crippen molar-refractivity contribution in [3.05, 3.63) is 70.8 Å².